The van der Waals surface area contributed by atoms with Gasteiger partial charge in [-0.2, -0.15) is 0 Å². The molecule has 33 heavy (non-hydrogen) atoms. The van der Waals surface area contributed by atoms with Crippen molar-refractivity contribution in [1.29, 1.82) is 0 Å². The summed E-state index contributed by atoms with van der Waals surface area (Å²) in [6.07, 6.45) is -1.53. The second-order valence-electron chi connectivity index (χ2n) is 8.81. The molecular weight excluding hydrogens is 450 g/mol. The van der Waals surface area contributed by atoms with Crippen molar-refractivity contribution < 1.29 is 27.8 Å². The number of morpholine rings is 1. The number of nitrogens with zero attached hydrogens (tertiary/aromatic N) is 2. The molecule has 1 aromatic carbocycles. The molecule has 3 heterocycles. The van der Waals surface area contributed by atoms with Crippen LogP contribution in [0, 0.1) is 0 Å². The quantitative estimate of drug-likeness (QED) is 0.458. The Balaban J connectivity index is 1.51. The Kier molecular flexibility index (Phi) is 6.81. The number of ether oxygens (including phenoxy) is 3. The summed E-state index contributed by atoms with van der Waals surface area (Å²) in [5, 5.41) is 2.52. The summed E-state index contributed by atoms with van der Waals surface area (Å²) in [5.41, 5.74) is 1.58. The van der Waals surface area contributed by atoms with Gasteiger partial charge in [-0.15, -0.1) is 11.3 Å². The van der Waals surface area contributed by atoms with Crippen LogP contribution in [0.1, 0.15) is 32.1 Å². The standard InChI is InChI=1S/C24H26F2N2O4S/c1-24(2,3)32-23(29)28-7-8-30-17(12-28)13-31-20-10-15(9-19-18(20)5-4-6-27-19)16-11-21(22(25)26)33-14-16/h4-6,9-11,14,17,22H,7-8,12-13H2,1-3H3/t17-/m0/s1. The fraction of sp³-hybridized carbons (Fsp3) is 0.417. The highest BCUT2D eigenvalue weighted by atomic mass is 32.1. The number of carbonyl (C=O) groups excluding carboxylic acids is 1. The summed E-state index contributed by atoms with van der Waals surface area (Å²) in [4.78, 5) is 18.5. The third-order valence-corrected chi connectivity index (χ3v) is 6.01. The number of hydrogen-bond acceptors (Lipinski definition) is 6. The average Bonchev–Trinajstić information content (AvgIpc) is 3.27. The second kappa shape index (κ2) is 9.61. The van der Waals surface area contributed by atoms with Crippen molar-refractivity contribution in [3.05, 3.63) is 46.8 Å². The highest BCUT2D eigenvalue weighted by Crippen LogP contribution is 2.36. The SMILES string of the molecule is CC(C)(C)OC(=O)N1CCO[C@H](COc2cc(-c3csc(C(F)F)c3)cc3ncccc23)C1. The number of aromatic nitrogens is 1. The first-order valence-electron chi connectivity index (χ1n) is 10.7. The molecule has 3 aromatic rings. The number of amides is 1. The Bertz CT molecular complexity index is 1130. The van der Waals surface area contributed by atoms with Crippen molar-refractivity contribution in [2.24, 2.45) is 0 Å². The van der Waals surface area contributed by atoms with Gasteiger partial charge < -0.3 is 19.1 Å². The molecule has 1 aliphatic heterocycles. The van der Waals surface area contributed by atoms with Crippen LogP contribution < -0.4 is 4.74 Å². The van der Waals surface area contributed by atoms with Gasteiger partial charge in [0.05, 0.1) is 23.5 Å². The molecule has 176 valence electrons. The Labute approximate surface area is 195 Å². The molecule has 0 saturated carbocycles. The summed E-state index contributed by atoms with van der Waals surface area (Å²) < 4.78 is 43.5. The lowest BCUT2D eigenvalue weighted by Gasteiger charge is -2.34. The summed E-state index contributed by atoms with van der Waals surface area (Å²) >= 11 is 1.03. The van der Waals surface area contributed by atoms with Gasteiger partial charge in [0.1, 0.15) is 24.1 Å². The first kappa shape index (κ1) is 23.4. The molecule has 2 aromatic heterocycles. The summed E-state index contributed by atoms with van der Waals surface area (Å²) in [6, 6.07) is 8.90. The minimum Gasteiger partial charge on any atom is -0.490 e. The zero-order chi connectivity index (χ0) is 23.6. The van der Waals surface area contributed by atoms with E-state index in [4.69, 9.17) is 14.2 Å². The highest BCUT2D eigenvalue weighted by molar-refractivity contribution is 7.10. The van der Waals surface area contributed by atoms with Crippen molar-refractivity contribution in [3.8, 4) is 16.9 Å². The van der Waals surface area contributed by atoms with Gasteiger partial charge in [-0.1, -0.05) is 0 Å². The largest absolute Gasteiger partial charge is 0.490 e. The predicted octanol–water partition coefficient (Wildman–Crippen LogP) is 5.92. The molecule has 0 radical (unpaired) electrons. The summed E-state index contributed by atoms with van der Waals surface area (Å²) in [5.74, 6) is 0.582. The molecule has 6 nitrogen and oxygen atoms in total. The van der Waals surface area contributed by atoms with Crippen molar-refractivity contribution in [1.82, 2.24) is 9.88 Å². The predicted molar refractivity (Wildman–Crippen MR) is 123 cm³/mol. The highest BCUT2D eigenvalue weighted by Gasteiger charge is 2.28. The van der Waals surface area contributed by atoms with E-state index in [-0.39, 0.29) is 23.7 Å². The number of benzene rings is 1. The van der Waals surface area contributed by atoms with Gasteiger partial charge in [-0.05, 0) is 67.6 Å². The van der Waals surface area contributed by atoms with E-state index in [1.54, 1.807) is 16.5 Å². The van der Waals surface area contributed by atoms with E-state index < -0.39 is 12.0 Å². The zero-order valence-electron chi connectivity index (χ0n) is 18.7. The average molecular weight is 477 g/mol. The number of thiophene rings is 1. The molecule has 1 aliphatic rings. The number of halogens is 2. The molecule has 0 unspecified atom stereocenters. The van der Waals surface area contributed by atoms with Crippen molar-refractivity contribution in [3.63, 3.8) is 0 Å². The molecule has 1 atom stereocenters. The normalized spacial score (nSPS) is 16.9. The zero-order valence-corrected chi connectivity index (χ0v) is 19.5. The van der Waals surface area contributed by atoms with Crippen molar-refractivity contribution in [2.75, 3.05) is 26.3 Å². The van der Waals surface area contributed by atoms with Gasteiger partial charge in [-0.3, -0.25) is 4.98 Å². The number of carbonyl (C=O) groups is 1. The maximum atomic E-state index is 13.1. The minimum absolute atomic E-state index is 0.0198. The van der Waals surface area contributed by atoms with Crippen LogP contribution >= 0.6 is 11.3 Å². The Hall–Kier alpha value is -2.78. The van der Waals surface area contributed by atoms with Crippen LogP contribution in [-0.4, -0.2) is 54.0 Å². The number of hydrogen-bond donors (Lipinski definition) is 0. The van der Waals surface area contributed by atoms with Crippen molar-refractivity contribution in [2.45, 2.75) is 38.9 Å². The lowest BCUT2D eigenvalue weighted by Crippen LogP contribution is -2.49. The van der Waals surface area contributed by atoms with Crippen LogP contribution in [0.4, 0.5) is 13.6 Å². The first-order chi connectivity index (χ1) is 15.7. The van der Waals surface area contributed by atoms with E-state index in [2.05, 4.69) is 4.98 Å². The third-order valence-electron chi connectivity index (χ3n) is 5.07. The van der Waals surface area contributed by atoms with E-state index in [1.165, 1.54) is 6.07 Å². The van der Waals surface area contributed by atoms with Crippen LogP contribution in [0.25, 0.3) is 22.0 Å². The Morgan fingerprint density at radius 3 is 2.85 bits per heavy atom. The smallest absolute Gasteiger partial charge is 0.410 e. The topological polar surface area (TPSA) is 60.9 Å². The Morgan fingerprint density at radius 2 is 2.12 bits per heavy atom. The number of alkyl halides is 2. The van der Waals surface area contributed by atoms with Gasteiger partial charge in [0.15, 0.2) is 0 Å². The molecule has 0 aliphatic carbocycles. The van der Waals surface area contributed by atoms with Gasteiger partial charge in [0.2, 0.25) is 0 Å². The maximum absolute atomic E-state index is 13.1. The lowest BCUT2D eigenvalue weighted by atomic mass is 10.0. The van der Waals surface area contributed by atoms with Gasteiger partial charge in [0, 0.05) is 18.1 Å². The van der Waals surface area contributed by atoms with E-state index in [1.807, 2.05) is 45.0 Å². The fourth-order valence-electron chi connectivity index (χ4n) is 3.55. The monoisotopic (exact) mass is 476 g/mol. The number of pyridine rings is 1. The molecule has 1 fully saturated rings. The molecule has 4 rings (SSSR count). The fourth-order valence-corrected chi connectivity index (χ4v) is 4.31. The first-order valence-corrected chi connectivity index (χ1v) is 11.6. The minimum atomic E-state index is -2.51. The Morgan fingerprint density at radius 1 is 1.30 bits per heavy atom. The molecule has 1 amide bonds. The van der Waals surface area contributed by atoms with Gasteiger partial charge in [-0.25, -0.2) is 13.6 Å². The summed E-state index contributed by atoms with van der Waals surface area (Å²) in [7, 11) is 0. The molecule has 0 bridgehead atoms. The lowest BCUT2D eigenvalue weighted by molar-refractivity contribution is -0.0555. The van der Waals surface area contributed by atoms with E-state index in [0.29, 0.717) is 36.5 Å². The van der Waals surface area contributed by atoms with Crippen LogP contribution in [0.5, 0.6) is 5.75 Å². The third kappa shape index (κ3) is 5.78. The van der Waals surface area contributed by atoms with Gasteiger partial charge >= 0.3 is 6.09 Å². The molecule has 0 spiro atoms. The van der Waals surface area contributed by atoms with Gasteiger partial charge in [0.25, 0.3) is 6.43 Å². The van der Waals surface area contributed by atoms with Crippen molar-refractivity contribution >= 4 is 28.3 Å². The van der Waals surface area contributed by atoms with Crippen LogP contribution in [-0.2, 0) is 9.47 Å². The maximum Gasteiger partial charge on any atom is 0.410 e. The molecule has 9 heteroatoms. The molecular formula is C24H26F2N2O4S. The van der Waals surface area contributed by atoms with E-state index in [0.717, 1.165) is 22.3 Å². The second-order valence-corrected chi connectivity index (χ2v) is 9.76. The van der Waals surface area contributed by atoms with Crippen LogP contribution in [0.3, 0.4) is 0 Å². The van der Waals surface area contributed by atoms with E-state index >= 15 is 0 Å². The molecule has 1 saturated heterocycles. The molecule has 0 N–H and O–H groups in total. The number of fused-ring (bicyclic) bond motifs is 1. The summed E-state index contributed by atoms with van der Waals surface area (Å²) in [6.45, 7) is 6.91. The van der Waals surface area contributed by atoms with Crippen LogP contribution in [0.15, 0.2) is 41.9 Å². The number of rotatable bonds is 5. The van der Waals surface area contributed by atoms with E-state index in [9.17, 15) is 13.6 Å². The van der Waals surface area contributed by atoms with Crippen LogP contribution in [0.2, 0.25) is 0 Å².